The fourth-order valence-corrected chi connectivity index (χ4v) is 2.40. The number of ether oxygens (including phenoxy) is 1. The Labute approximate surface area is 105 Å². The number of aromatic nitrogens is 1. The van der Waals surface area contributed by atoms with Crippen LogP contribution in [0.2, 0.25) is 0 Å². The van der Waals surface area contributed by atoms with E-state index >= 15 is 0 Å². The van der Waals surface area contributed by atoms with Crippen LogP contribution < -0.4 is 4.87 Å². The molecule has 5 heteroatoms. The molecular weight excluding hydrogens is 238 g/mol. The number of esters is 1. The van der Waals surface area contributed by atoms with Gasteiger partial charge in [0.1, 0.15) is 11.6 Å². The first-order chi connectivity index (χ1) is 7.63. The van der Waals surface area contributed by atoms with E-state index in [-0.39, 0.29) is 10.8 Å². The van der Waals surface area contributed by atoms with Gasteiger partial charge in [0.15, 0.2) is 0 Å². The molecule has 0 N–H and O–H groups in total. The maximum atomic E-state index is 11.9. The molecule has 0 aliphatic carbocycles. The zero-order valence-electron chi connectivity index (χ0n) is 11.2. The Morgan fingerprint density at radius 1 is 1.35 bits per heavy atom. The fourth-order valence-electron chi connectivity index (χ4n) is 1.50. The molecule has 1 heterocycles. The van der Waals surface area contributed by atoms with E-state index < -0.39 is 11.6 Å². The summed E-state index contributed by atoms with van der Waals surface area (Å²) in [5.41, 5.74) is 0.298. The van der Waals surface area contributed by atoms with E-state index in [1.54, 1.807) is 6.92 Å². The van der Waals surface area contributed by atoms with Crippen molar-refractivity contribution in [3.8, 4) is 0 Å². The molecular formula is C12H19NO3S. The van der Waals surface area contributed by atoms with Gasteiger partial charge < -0.3 is 4.74 Å². The van der Waals surface area contributed by atoms with Gasteiger partial charge in [0.25, 0.3) is 0 Å². The molecule has 0 aliphatic rings. The van der Waals surface area contributed by atoms with Crippen molar-refractivity contribution in [2.75, 3.05) is 0 Å². The molecule has 1 atom stereocenters. The average molecular weight is 257 g/mol. The SMILES string of the molecule is Cc1sc(=O)n(C(C)C(=O)OC(C)(C)C)c1C. The molecule has 1 rings (SSSR count). The Morgan fingerprint density at radius 3 is 2.24 bits per heavy atom. The van der Waals surface area contributed by atoms with Crippen molar-refractivity contribution in [2.24, 2.45) is 0 Å². The van der Waals surface area contributed by atoms with Crippen molar-refractivity contribution in [3.05, 3.63) is 20.2 Å². The Hall–Kier alpha value is -1.10. The van der Waals surface area contributed by atoms with Crippen molar-refractivity contribution in [1.82, 2.24) is 4.57 Å². The molecule has 0 fully saturated rings. The number of carbonyl (C=O) groups is 1. The van der Waals surface area contributed by atoms with E-state index in [1.165, 1.54) is 4.57 Å². The summed E-state index contributed by atoms with van der Waals surface area (Å²) in [6.07, 6.45) is 0. The van der Waals surface area contributed by atoms with Crippen molar-refractivity contribution >= 4 is 17.3 Å². The molecule has 4 nitrogen and oxygen atoms in total. The third kappa shape index (κ3) is 3.19. The highest BCUT2D eigenvalue weighted by molar-refractivity contribution is 7.09. The van der Waals surface area contributed by atoms with Gasteiger partial charge in [-0.1, -0.05) is 11.3 Å². The fraction of sp³-hybridized carbons (Fsp3) is 0.667. The summed E-state index contributed by atoms with van der Waals surface area (Å²) in [7, 11) is 0. The van der Waals surface area contributed by atoms with Crippen molar-refractivity contribution in [2.45, 2.75) is 53.2 Å². The van der Waals surface area contributed by atoms with Gasteiger partial charge in [0.05, 0.1) is 0 Å². The molecule has 0 bridgehead atoms. The van der Waals surface area contributed by atoms with Crippen LogP contribution in [0.5, 0.6) is 0 Å². The van der Waals surface area contributed by atoms with Gasteiger partial charge in [-0.3, -0.25) is 9.36 Å². The molecule has 96 valence electrons. The highest BCUT2D eigenvalue weighted by Gasteiger charge is 2.25. The summed E-state index contributed by atoms with van der Waals surface area (Å²) in [6, 6.07) is -0.577. The first kappa shape index (κ1) is 14.0. The van der Waals surface area contributed by atoms with E-state index in [4.69, 9.17) is 4.74 Å². The maximum Gasteiger partial charge on any atom is 0.329 e. The normalized spacial score (nSPS) is 13.5. The molecule has 1 unspecified atom stereocenters. The first-order valence-electron chi connectivity index (χ1n) is 5.55. The Kier molecular flexibility index (Phi) is 3.81. The standard InChI is InChI=1S/C12H19NO3S/c1-7-9(3)17-11(15)13(7)8(2)10(14)16-12(4,5)6/h8H,1-6H3. The molecule has 0 aliphatic heterocycles. The maximum absolute atomic E-state index is 11.9. The summed E-state index contributed by atoms with van der Waals surface area (Å²) >= 11 is 1.16. The number of thiazole rings is 1. The average Bonchev–Trinajstić information content (AvgIpc) is 2.37. The van der Waals surface area contributed by atoms with Crippen LogP contribution in [-0.4, -0.2) is 16.1 Å². The second-order valence-electron chi connectivity index (χ2n) is 5.09. The summed E-state index contributed by atoms with van der Waals surface area (Å²) in [6.45, 7) is 10.8. The van der Waals surface area contributed by atoms with Gasteiger partial charge in [-0.25, -0.2) is 4.79 Å². The lowest BCUT2D eigenvalue weighted by Crippen LogP contribution is -2.32. The predicted octanol–water partition coefficient (Wildman–Crippen LogP) is 2.43. The third-order valence-corrected chi connectivity index (χ3v) is 3.42. The van der Waals surface area contributed by atoms with Gasteiger partial charge >= 0.3 is 10.8 Å². The molecule has 0 radical (unpaired) electrons. The van der Waals surface area contributed by atoms with Crippen LogP contribution in [0.15, 0.2) is 4.79 Å². The second-order valence-corrected chi connectivity index (χ2v) is 6.25. The molecule has 1 aromatic rings. The van der Waals surface area contributed by atoms with Crippen LogP contribution in [0.25, 0.3) is 0 Å². The molecule has 0 spiro atoms. The summed E-state index contributed by atoms with van der Waals surface area (Å²) in [5, 5.41) is 0. The van der Waals surface area contributed by atoms with E-state index in [9.17, 15) is 9.59 Å². The quantitative estimate of drug-likeness (QED) is 0.764. The van der Waals surface area contributed by atoms with Gasteiger partial charge in [-0.05, 0) is 41.5 Å². The molecule has 1 aromatic heterocycles. The molecule has 17 heavy (non-hydrogen) atoms. The number of carbonyl (C=O) groups excluding carboxylic acids is 1. The smallest absolute Gasteiger partial charge is 0.329 e. The Balaban J connectivity index is 3.01. The van der Waals surface area contributed by atoms with E-state index in [1.807, 2.05) is 34.6 Å². The van der Waals surface area contributed by atoms with Crippen LogP contribution >= 0.6 is 11.3 Å². The van der Waals surface area contributed by atoms with E-state index in [0.717, 1.165) is 21.9 Å². The van der Waals surface area contributed by atoms with Crippen LogP contribution in [0.3, 0.4) is 0 Å². The highest BCUT2D eigenvalue weighted by atomic mass is 32.1. The monoisotopic (exact) mass is 257 g/mol. The Morgan fingerprint density at radius 2 is 1.88 bits per heavy atom. The van der Waals surface area contributed by atoms with E-state index in [2.05, 4.69) is 0 Å². The van der Waals surface area contributed by atoms with Crippen molar-refractivity contribution in [3.63, 3.8) is 0 Å². The summed E-state index contributed by atoms with van der Waals surface area (Å²) in [5.74, 6) is -0.375. The largest absolute Gasteiger partial charge is 0.458 e. The third-order valence-electron chi connectivity index (χ3n) is 2.44. The number of rotatable bonds is 2. The second kappa shape index (κ2) is 4.64. The number of aryl methyl sites for hydroxylation is 1. The molecule has 0 amide bonds. The minimum Gasteiger partial charge on any atom is -0.458 e. The minimum absolute atomic E-state index is 0.113. The zero-order chi connectivity index (χ0) is 13.4. The molecule has 0 saturated carbocycles. The number of nitrogens with zero attached hydrogens (tertiary/aromatic N) is 1. The zero-order valence-corrected chi connectivity index (χ0v) is 12.0. The van der Waals surface area contributed by atoms with Gasteiger partial charge in [0.2, 0.25) is 0 Å². The minimum atomic E-state index is -0.577. The van der Waals surface area contributed by atoms with Crippen LogP contribution in [0, 0.1) is 13.8 Å². The summed E-state index contributed by atoms with van der Waals surface area (Å²) in [4.78, 5) is 24.5. The highest BCUT2D eigenvalue weighted by Crippen LogP contribution is 2.18. The van der Waals surface area contributed by atoms with Gasteiger partial charge in [-0.2, -0.15) is 0 Å². The predicted molar refractivity (Wildman–Crippen MR) is 68.6 cm³/mol. The molecule has 0 aromatic carbocycles. The van der Waals surface area contributed by atoms with Crippen LogP contribution in [0.1, 0.15) is 44.3 Å². The first-order valence-corrected chi connectivity index (χ1v) is 6.36. The topological polar surface area (TPSA) is 48.3 Å². The van der Waals surface area contributed by atoms with Gasteiger partial charge in [0, 0.05) is 10.6 Å². The molecule has 0 saturated heterocycles. The number of hydrogen-bond donors (Lipinski definition) is 0. The van der Waals surface area contributed by atoms with E-state index in [0.29, 0.717) is 0 Å². The van der Waals surface area contributed by atoms with Crippen molar-refractivity contribution in [1.29, 1.82) is 0 Å². The van der Waals surface area contributed by atoms with Crippen LogP contribution in [-0.2, 0) is 9.53 Å². The Bertz CT molecular complexity index is 479. The summed E-state index contributed by atoms with van der Waals surface area (Å²) < 4.78 is 6.77. The lowest BCUT2D eigenvalue weighted by Gasteiger charge is -2.23. The lowest BCUT2D eigenvalue weighted by atomic mass is 10.2. The number of hydrogen-bond acceptors (Lipinski definition) is 4. The van der Waals surface area contributed by atoms with Crippen LogP contribution in [0.4, 0.5) is 0 Å². The van der Waals surface area contributed by atoms with Crippen molar-refractivity contribution < 1.29 is 9.53 Å². The lowest BCUT2D eigenvalue weighted by molar-refractivity contribution is -0.158. The van der Waals surface area contributed by atoms with Gasteiger partial charge in [-0.15, -0.1) is 0 Å².